The van der Waals surface area contributed by atoms with Crippen LogP contribution >= 0.6 is 0 Å². The zero-order valence-electron chi connectivity index (χ0n) is 19.5. The van der Waals surface area contributed by atoms with Crippen molar-refractivity contribution in [2.45, 2.75) is 57.0 Å². The lowest BCUT2D eigenvalue weighted by Gasteiger charge is -2.44. The average Bonchev–Trinajstić information content (AvgIpc) is 2.83. The van der Waals surface area contributed by atoms with E-state index in [2.05, 4.69) is 10.2 Å². The highest BCUT2D eigenvalue weighted by molar-refractivity contribution is 5.98. The summed E-state index contributed by atoms with van der Waals surface area (Å²) in [6.45, 7) is 0.831. The molecule has 0 spiro atoms. The molecular formula is C26H35N3O3. The minimum Gasteiger partial charge on any atom is -0.496 e. The van der Waals surface area contributed by atoms with Crippen LogP contribution in [0.2, 0.25) is 0 Å². The zero-order valence-corrected chi connectivity index (χ0v) is 19.5. The molecule has 32 heavy (non-hydrogen) atoms. The van der Waals surface area contributed by atoms with Crippen LogP contribution in [0.4, 0.5) is 5.69 Å². The first-order valence-electron chi connectivity index (χ1n) is 11.8. The number of nitrogens with one attached hydrogen (secondary N) is 1. The monoisotopic (exact) mass is 437 g/mol. The molecule has 6 nitrogen and oxygen atoms in total. The largest absolute Gasteiger partial charge is 0.496 e. The number of ether oxygens (including phenoxy) is 1. The maximum absolute atomic E-state index is 13.5. The van der Waals surface area contributed by atoms with Crippen LogP contribution in [0.1, 0.15) is 55.3 Å². The Labute approximate surface area is 191 Å². The van der Waals surface area contributed by atoms with E-state index in [1.807, 2.05) is 55.4 Å². The van der Waals surface area contributed by atoms with Gasteiger partial charge in [0.25, 0.3) is 11.8 Å². The van der Waals surface area contributed by atoms with Gasteiger partial charge in [-0.2, -0.15) is 0 Å². The molecule has 0 aromatic heterocycles. The highest BCUT2D eigenvalue weighted by Gasteiger charge is 2.38. The maximum atomic E-state index is 13.5. The number of fused-ring (bicyclic) bond motifs is 1. The van der Waals surface area contributed by atoms with Gasteiger partial charge in [0.1, 0.15) is 5.76 Å². The SMILES string of the molecule is COC1=CC(NC(=O)c2ccc(N(C)C)cc2)CC=C1C(=O)N1CCC[C@@H]2CCCCC21. The molecule has 2 amide bonds. The molecule has 1 aromatic rings. The molecule has 1 aromatic carbocycles. The first kappa shape index (κ1) is 22.4. The van der Waals surface area contributed by atoms with Crippen molar-refractivity contribution in [3.63, 3.8) is 0 Å². The second kappa shape index (κ2) is 9.80. The molecule has 1 saturated carbocycles. The normalized spacial score (nSPS) is 25.2. The Morgan fingerprint density at radius 1 is 1.06 bits per heavy atom. The van der Waals surface area contributed by atoms with E-state index in [0.717, 1.165) is 25.1 Å². The third kappa shape index (κ3) is 4.69. The number of nitrogens with zero attached hydrogens (tertiary/aromatic N) is 2. The van der Waals surface area contributed by atoms with Gasteiger partial charge in [-0.05, 0) is 68.4 Å². The van der Waals surface area contributed by atoms with Crippen molar-refractivity contribution < 1.29 is 14.3 Å². The van der Waals surface area contributed by atoms with Crippen LogP contribution < -0.4 is 10.2 Å². The summed E-state index contributed by atoms with van der Waals surface area (Å²) >= 11 is 0. The highest BCUT2D eigenvalue weighted by Crippen LogP contribution is 2.36. The van der Waals surface area contributed by atoms with Crippen molar-refractivity contribution in [2.75, 3.05) is 32.6 Å². The minimum absolute atomic E-state index is 0.0822. The third-order valence-corrected chi connectivity index (χ3v) is 7.11. The van der Waals surface area contributed by atoms with Crippen LogP contribution in [-0.2, 0) is 9.53 Å². The van der Waals surface area contributed by atoms with Gasteiger partial charge in [0.15, 0.2) is 0 Å². The Morgan fingerprint density at radius 2 is 1.78 bits per heavy atom. The molecule has 1 heterocycles. The van der Waals surface area contributed by atoms with E-state index in [0.29, 0.717) is 35.3 Å². The third-order valence-electron chi connectivity index (χ3n) is 7.11. The Balaban J connectivity index is 1.43. The van der Waals surface area contributed by atoms with Crippen LogP contribution in [0.5, 0.6) is 0 Å². The lowest BCUT2D eigenvalue weighted by Crippen LogP contribution is -2.50. The predicted octanol–water partition coefficient (Wildman–Crippen LogP) is 3.89. The summed E-state index contributed by atoms with van der Waals surface area (Å²) in [5, 5.41) is 3.05. The van der Waals surface area contributed by atoms with Gasteiger partial charge >= 0.3 is 0 Å². The molecule has 2 aliphatic carbocycles. The average molecular weight is 438 g/mol. The number of hydrogen-bond acceptors (Lipinski definition) is 4. The summed E-state index contributed by atoms with van der Waals surface area (Å²) < 4.78 is 5.60. The number of carbonyl (C=O) groups is 2. The Bertz CT molecular complexity index is 901. The lowest BCUT2D eigenvalue weighted by atomic mass is 9.78. The standard InChI is InChI=1S/C26H35N3O3/c1-28(2)21-13-10-19(11-14-21)25(30)27-20-12-15-22(24(17-20)32-3)26(31)29-16-6-8-18-7-4-5-9-23(18)29/h10-11,13-15,17-18,20,23H,4-9,12,16H2,1-3H3,(H,27,30)/t18-,20?,23?/m0/s1. The number of hydrogen-bond donors (Lipinski definition) is 1. The number of piperidine rings is 1. The number of rotatable bonds is 5. The molecule has 1 aliphatic heterocycles. The molecule has 1 N–H and O–H groups in total. The van der Waals surface area contributed by atoms with Gasteiger partial charge in [0.2, 0.25) is 0 Å². The van der Waals surface area contributed by atoms with E-state index in [1.165, 1.54) is 25.7 Å². The Hall–Kier alpha value is -2.76. The number of methoxy groups -OCH3 is 1. The molecule has 0 bridgehead atoms. The first-order chi connectivity index (χ1) is 15.5. The number of likely N-dealkylation sites (tertiary alicyclic amines) is 1. The van der Waals surface area contributed by atoms with Crippen LogP contribution in [0.15, 0.2) is 47.7 Å². The second-order valence-corrected chi connectivity index (χ2v) is 9.36. The van der Waals surface area contributed by atoms with Crippen molar-refractivity contribution in [1.29, 1.82) is 0 Å². The number of amides is 2. The molecule has 3 aliphatic rings. The quantitative estimate of drug-likeness (QED) is 0.759. The zero-order chi connectivity index (χ0) is 22.7. The van der Waals surface area contributed by atoms with Crippen molar-refractivity contribution in [3.8, 4) is 0 Å². The van der Waals surface area contributed by atoms with E-state index < -0.39 is 0 Å². The summed E-state index contributed by atoms with van der Waals surface area (Å²) in [5.74, 6) is 1.16. The fourth-order valence-corrected chi connectivity index (χ4v) is 5.35. The molecule has 172 valence electrons. The minimum atomic E-state index is -0.202. The van der Waals surface area contributed by atoms with Gasteiger partial charge in [-0.3, -0.25) is 9.59 Å². The van der Waals surface area contributed by atoms with E-state index in [-0.39, 0.29) is 17.9 Å². The molecule has 6 heteroatoms. The predicted molar refractivity (Wildman–Crippen MR) is 127 cm³/mol. The van der Waals surface area contributed by atoms with Crippen LogP contribution in [0.3, 0.4) is 0 Å². The van der Waals surface area contributed by atoms with Gasteiger partial charge in [0.05, 0.1) is 18.7 Å². The molecule has 0 radical (unpaired) electrons. The van der Waals surface area contributed by atoms with E-state index in [4.69, 9.17) is 4.74 Å². The van der Waals surface area contributed by atoms with E-state index >= 15 is 0 Å². The molecule has 2 fully saturated rings. The summed E-state index contributed by atoms with van der Waals surface area (Å²) in [6.07, 6.45) is 11.6. The Morgan fingerprint density at radius 3 is 2.50 bits per heavy atom. The molecule has 3 atom stereocenters. The highest BCUT2D eigenvalue weighted by atomic mass is 16.5. The smallest absolute Gasteiger partial charge is 0.257 e. The van der Waals surface area contributed by atoms with Gasteiger partial charge in [0, 0.05) is 37.9 Å². The summed E-state index contributed by atoms with van der Waals surface area (Å²) in [4.78, 5) is 30.3. The lowest BCUT2D eigenvalue weighted by molar-refractivity contribution is -0.133. The van der Waals surface area contributed by atoms with Gasteiger partial charge in [-0.25, -0.2) is 0 Å². The van der Waals surface area contributed by atoms with Crippen LogP contribution in [-0.4, -0.2) is 56.5 Å². The van der Waals surface area contributed by atoms with Crippen molar-refractivity contribution in [3.05, 3.63) is 53.3 Å². The molecule has 2 unspecified atom stereocenters. The molecule has 4 rings (SSSR count). The van der Waals surface area contributed by atoms with Crippen LogP contribution in [0.25, 0.3) is 0 Å². The molecular weight excluding hydrogens is 402 g/mol. The van der Waals surface area contributed by atoms with Gasteiger partial charge in [-0.15, -0.1) is 0 Å². The molecule has 1 saturated heterocycles. The van der Waals surface area contributed by atoms with Crippen LogP contribution in [0, 0.1) is 5.92 Å². The van der Waals surface area contributed by atoms with E-state index in [9.17, 15) is 9.59 Å². The number of benzene rings is 1. The summed E-state index contributed by atoms with van der Waals surface area (Å²) in [6, 6.07) is 7.68. The van der Waals surface area contributed by atoms with Gasteiger partial charge < -0.3 is 19.9 Å². The van der Waals surface area contributed by atoms with Crippen molar-refractivity contribution in [1.82, 2.24) is 10.2 Å². The second-order valence-electron chi connectivity index (χ2n) is 9.36. The fourth-order valence-electron chi connectivity index (χ4n) is 5.35. The first-order valence-corrected chi connectivity index (χ1v) is 11.8. The van der Waals surface area contributed by atoms with E-state index in [1.54, 1.807) is 7.11 Å². The number of carbonyl (C=O) groups excluding carboxylic acids is 2. The van der Waals surface area contributed by atoms with Gasteiger partial charge in [-0.1, -0.05) is 18.9 Å². The summed E-state index contributed by atoms with van der Waals surface area (Å²) in [7, 11) is 5.53. The number of anilines is 1. The maximum Gasteiger partial charge on any atom is 0.257 e. The topological polar surface area (TPSA) is 61.9 Å². The van der Waals surface area contributed by atoms with Crippen molar-refractivity contribution in [2.24, 2.45) is 5.92 Å². The van der Waals surface area contributed by atoms with Crippen molar-refractivity contribution >= 4 is 17.5 Å². The Kier molecular flexibility index (Phi) is 6.87. The fraction of sp³-hybridized carbons (Fsp3) is 0.538. The summed E-state index contributed by atoms with van der Waals surface area (Å²) in [5.41, 5.74) is 2.30.